The molecule has 12 nitrogen and oxygen atoms in total. The van der Waals surface area contributed by atoms with E-state index in [0.717, 1.165) is 119 Å². The lowest BCUT2D eigenvalue weighted by Crippen LogP contribution is -3.00. The molecule has 0 aliphatic heterocycles. The van der Waals surface area contributed by atoms with Crippen molar-refractivity contribution in [3.05, 3.63) is 115 Å². The number of unbranched alkanes of at least 4 members (excludes halogenated alkanes) is 52. The molecule has 0 saturated heterocycles. The monoisotopic (exact) mass is 1870 g/mol. The van der Waals surface area contributed by atoms with Crippen LogP contribution in [-0.4, -0.2) is 153 Å². The minimum atomic E-state index is 0. The van der Waals surface area contributed by atoms with Crippen molar-refractivity contribution in [3.8, 4) is 23.0 Å². The standard InChI is InChI=1S/C112H204N8O4.4ClH/c1-13-17-21-25-29-33-37-41-45-49-53-57-61-65-77-121-109-101-81-97(93-117(5,6)73-69-113)82-102(109)90-104-84-99(95-119(9,10)75-71-115)86-106(111(104)123-79-67-63-59-55-51-47-43-39-35-31-27-23-19-15-3)92-108-88-100(96-120(11,12)76-72-116)87-107(112(108)124-80-68-64-60-56-52-48-44-40-36-32-28-24-20-16-4)91-105-85-98(94-118(7,8)74-70-114)83-103(89-101)110(105)122-78-66-62-58-54-50-46-42-38-34-30-26-22-18-14-2;;;;/h81-88H,13-80,89-96,113-116H2,1-12H3;4*1H/q+4;;;;/p-4. The van der Waals surface area contributed by atoms with Crippen molar-refractivity contribution in [1.82, 2.24) is 0 Å². The fourth-order valence-corrected chi connectivity index (χ4v) is 19.9. The number of ether oxygens (including phenoxy) is 4. The first-order valence-corrected chi connectivity index (χ1v) is 53.4. The molecule has 4 aromatic carbocycles. The first-order valence-electron chi connectivity index (χ1n) is 53.4. The predicted molar refractivity (Wildman–Crippen MR) is 539 cm³/mol. The Balaban J connectivity index is 0.0000205. The van der Waals surface area contributed by atoms with Crippen LogP contribution in [0.5, 0.6) is 23.0 Å². The first kappa shape index (κ1) is 123. The number of fused-ring (bicyclic) bond motifs is 8. The van der Waals surface area contributed by atoms with Crippen LogP contribution >= 0.6 is 0 Å². The van der Waals surface area contributed by atoms with Crippen LogP contribution in [0.15, 0.2) is 48.5 Å². The number of nitrogens with zero attached hydrogens (tertiary/aromatic N) is 4. The lowest BCUT2D eigenvalue weighted by molar-refractivity contribution is -0.902. The van der Waals surface area contributed by atoms with E-state index < -0.39 is 0 Å². The van der Waals surface area contributed by atoms with Gasteiger partial charge in [-0.25, -0.2) is 0 Å². The highest BCUT2D eigenvalue weighted by atomic mass is 35.5. The van der Waals surface area contributed by atoms with E-state index in [9.17, 15) is 0 Å². The van der Waals surface area contributed by atoms with Gasteiger partial charge in [0.25, 0.3) is 0 Å². The highest BCUT2D eigenvalue weighted by Crippen LogP contribution is 2.43. The van der Waals surface area contributed by atoms with E-state index in [1.165, 1.54) is 401 Å². The van der Waals surface area contributed by atoms with Gasteiger partial charge in [-0.1, -0.05) is 362 Å². The van der Waals surface area contributed by atoms with Crippen LogP contribution in [0.4, 0.5) is 0 Å². The zero-order valence-electron chi connectivity index (χ0n) is 85.6. The molecule has 5 rings (SSSR count). The molecular formula is C112H204Cl4N8O4. The molecule has 0 atom stereocenters. The second kappa shape index (κ2) is 76.0. The molecule has 0 heterocycles. The molecule has 744 valence electrons. The van der Waals surface area contributed by atoms with Gasteiger partial charge in [-0.15, -0.1) is 0 Å². The molecule has 8 N–H and O–H groups in total. The van der Waals surface area contributed by atoms with Gasteiger partial charge >= 0.3 is 0 Å². The number of halogens is 4. The second-order valence-corrected chi connectivity index (χ2v) is 41.9. The van der Waals surface area contributed by atoms with Crippen molar-refractivity contribution >= 4 is 0 Å². The number of quaternary nitrogens is 4. The van der Waals surface area contributed by atoms with Crippen LogP contribution in [0.25, 0.3) is 0 Å². The summed E-state index contributed by atoms with van der Waals surface area (Å²) >= 11 is 0. The van der Waals surface area contributed by atoms with Gasteiger partial charge < -0.3 is 109 Å². The Labute approximate surface area is 816 Å². The van der Waals surface area contributed by atoms with E-state index in [2.05, 4.69) is 133 Å². The average Bonchev–Trinajstić information content (AvgIpc) is 0.767. The number of benzene rings is 4. The van der Waals surface area contributed by atoms with E-state index in [1.807, 2.05) is 0 Å². The third-order valence-corrected chi connectivity index (χ3v) is 27.1. The summed E-state index contributed by atoms with van der Waals surface area (Å²) in [5, 5.41) is 0. The normalized spacial score (nSPS) is 12.4. The maximum atomic E-state index is 7.70. The minimum Gasteiger partial charge on any atom is -1.00 e. The van der Waals surface area contributed by atoms with Gasteiger partial charge in [0, 0.05) is 74.1 Å². The number of likely N-dealkylation sites (N-methyl/N-ethyl adjacent to an activating group) is 4. The van der Waals surface area contributed by atoms with Crippen molar-refractivity contribution in [3.63, 3.8) is 0 Å². The Kier molecular flexibility index (Phi) is 73.0. The molecule has 0 fully saturated rings. The van der Waals surface area contributed by atoms with Gasteiger partial charge in [-0.3, -0.25) is 0 Å². The van der Waals surface area contributed by atoms with Crippen molar-refractivity contribution in [2.24, 2.45) is 22.9 Å². The fraction of sp³-hybridized carbons (Fsp3) is 0.786. The maximum absolute atomic E-state index is 7.70. The zero-order chi connectivity index (χ0) is 89.5. The SMILES string of the molecule is CCCCCCCCCCCCCCCCOc1c2cc(C[N+](C)(C)CCN)cc1Cc1cc(C[N+](C)(C)CCN)cc(c1OCCCCCCCCCCCCCCCC)Cc1cc(C[N+](C)(C)CCN)cc(c1OCCCCCCCCCCCCCCCC)Cc1cc(C[N+](C)(C)CCN)cc(c1OCCCCCCCCCCCCCCCC)C2.[Cl-].[Cl-].[Cl-].[Cl-]. The molecule has 4 aromatic rings. The third kappa shape index (κ3) is 55.8. The van der Waals surface area contributed by atoms with Crippen molar-refractivity contribution in [2.75, 3.05) is 135 Å². The van der Waals surface area contributed by atoms with Gasteiger partial charge in [-0.05, 0) is 119 Å². The topological polar surface area (TPSA) is 141 Å². The summed E-state index contributed by atoms with van der Waals surface area (Å²) in [6, 6.07) is 20.4. The third-order valence-electron chi connectivity index (χ3n) is 27.1. The lowest BCUT2D eigenvalue weighted by Gasteiger charge is -2.31. The molecule has 0 unspecified atom stereocenters. The highest BCUT2D eigenvalue weighted by Gasteiger charge is 2.30. The Morgan fingerprint density at radius 3 is 0.430 bits per heavy atom. The zero-order valence-corrected chi connectivity index (χ0v) is 88.6. The quantitative estimate of drug-likeness (QED) is 0.0223. The largest absolute Gasteiger partial charge is 1.00 e. The van der Waals surface area contributed by atoms with E-state index in [0.29, 0.717) is 78.3 Å². The van der Waals surface area contributed by atoms with Gasteiger partial charge in [0.05, 0.1) is 109 Å². The van der Waals surface area contributed by atoms with Gasteiger partial charge in [0.2, 0.25) is 0 Å². The van der Waals surface area contributed by atoms with Crippen LogP contribution in [0.3, 0.4) is 0 Å². The van der Waals surface area contributed by atoms with Gasteiger partial charge in [0.1, 0.15) is 49.2 Å². The Hall–Kier alpha value is -3.08. The van der Waals surface area contributed by atoms with Crippen LogP contribution in [0.2, 0.25) is 0 Å². The summed E-state index contributed by atoms with van der Waals surface area (Å²) in [7, 11) is 18.9. The van der Waals surface area contributed by atoms with Crippen LogP contribution < -0.4 is 91.5 Å². The molecule has 8 bridgehead atoms. The Bertz CT molecular complexity index is 2810. The Morgan fingerprint density at radius 2 is 0.312 bits per heavy atom. The molecule has 0 aromatic heterocycles. The average molecular weight is 1870 g/mol. The van der Waals surface area contributed by atoms with Gasteiger partial charge in [0.15, 0.2) is 0 Å². The van der Waals surface area contributed by atoms with E-state index in [-0.39, 0.29) is 49.6 Å². The number of hydrogen-bond acceptors (Lipinski definition) is 8. The van der Waals surface area contributed by atoms with Crippen molar-refractivity contribution < 1.29 is 86.5 Å². The summed E-state index contributed by atoms with van der Waals surface area (Å²) in [4.78, 5) is 0. The van der Waals surface area contributed by atoms with Crippen LogP contribution in [0, 0.1) is 0 Å². The number of nitrogens with two attached hydrogens (primary N) is 4. The molecule has 128 heavy (non-hydrogen) atoms. The smallest absolute Gasteiger partial charge is 0.126 e. The molecule has 0 spiro atoms. The second-order valence-electron chi connectivity index (χ2n) is 41.9. The fourth-order valence-electron chi connectivity index (χ4n) is 19.9. The molecular weight excluding hydrogens is 1660 g/mol. The Morgan fingerprint density at radius 1 is 0.195 bits per heavy atom. The summed E-state index contributed by atoms with van der Waals surface area (Å²) in [5.74, 6) is 4.15. The highest BCUT2D eigenvalue weighted by molar-refractivity contribution is 5.59. The molecule has 0 saturated carbocycles. The molecule has 0 amide bonds. The number of hydrogen-bond donors (Lipinski definition) is 4. The molecule has 16 heteroatoms. The molecule has 0 radical (unpaired) electrons. The summed E-state index contributed by atoms with van der Waals surface area (Å²) in [6.45, 7) is 21.3. The molecule has 1 aliphatic carbocycles. The van der Waals surface area contributed by atoms with E-state index >= 15 is 0 Å². The summed E-state index contributed by atoms with van der Waals surface area (Å²) in [6.07, 6.45) is 76.7. The van der Waals surface area contributed by atoms with Crippen molar-refractivity contribution in [2.45, 2.75) is 439 Å². The first-order chi connectivity index (χ1) is 60.2. The van der Waals surface area contributed by atoms with Crippen LogP contribution in [-0.2, 0) is 51.9 Å². The van der Waals surface area contributed by atoms with Crippen LogP contribution in [0.1, 0.15) is 454 Å². The van der Waals surface area contributed by atoms with E-state index in [1.54, 1.807) is 0 Å². The molecule has 1 aliphatic rings. The minimum absolute atomic E-state index is 0. The van der Waals surface area contributed by atoms with E-state index in [4.69, 9.17) is 41.9 Å². The predicted octanol–water partition coefficient (Wildman–Crippen LogP) is 16.0. The number of rotatable bonds is 80. The van der Waals surface area contributed by atoms with Crippen molar-refractivity contribution in [1.29, 1.82) is 0 Å². The summed E-state index contributed by atoms with van der Waals surface area (Å²) < 4.78 is 33.9. The lowest BCUT2D eigenvalue weighted by atomic mass is 9.88. The summed E-state index contributed by atoms with van der Waals surface area (Å²) in [5.41, 5.74) is 41.4. The van der Waals surface area contributed by atoms with Gasteiger partial charge in [-0.2, -0.15) is 0 Å². The maximum Gasteiger partial charge on any atom is 0.126 e.